The maximum absolute atomic E-state index is 3.48. The van der Waals surface area contributed by atoms with E-state index in [1.54, 1.807) is 0 Å². The maximum Gasteiger partial charge on any atom is 0.0178 e. The Kier molecular flexibility index (Phi) is 6.43. The molecular weight excluding hydrogens is 262 g/mol. The highest BCUT2D eigenvalue weighted by atomic mass is 79.9. The van der Waals surface area contributed by atoms with Crippen molar-refractivity contribution in [1.29, 1.82) is 0 Å². The Morgan fingerprint density at radius 2 is 2.12 bits per heavy atom. The molecule has 0 spiro atoms. The van der Waals surface area contributed by atoms with E-state index in [4.69, 9.17) is 0 Å². The minimum Gasteiger partial charge on any atom is -0.314 e. The Hall–Kier alpha value is -0.600. The first-order valence-corrected chi connectivity index (χ1v) is 6.60. The van der Waals surface area contributed by atoms with Crippen molar-refractivity contribution in [2.45, 2.75) is 32.7 Å². The van der Waals surface area contributed by atoms with Crippen molar-refractivity contribution in [3.8, 4) is 0 Å². The number of hydrogen-bond donors (Lipinski definition) is 1. The minimum absolute atomic E-state index is 0.582. The SMILES string of the molecule is CC(C)NCCC=CCc1cccc(Br)c1. The van der Waals surface area contributed by atoms with E-state index in [-0.39, 0.29) is 0 Å². The monoisotopic (exact) mass is 281 g/mol. The smallest absolute Gasteiger partial charge is 0.0178 e. The molecule has 0 aliphatic heterocycles. The number of rotatable bonds is 6. The van der Waals surface area contributed by atoms with Crippen LogP contribution in [0.1, 0.15) is 25.8 Å². The van der Waals surface area contributed by atoms with Crippen molar-refractivity contribution >= 4 is 15.9 Å². The predicted molar refractivity (Wildman–Crippen MR) is 74.7 cm³/mol. The molecule has 1 N–H and O–H groups in total. The zero-order valence-corrected chi connectivity index (χ0v) is 11.6. The molecule has 0 aromatic heterocycles. The molecule has 88 valence electrons. The molecule has 0 heterocycles. The van der Waals surface area contributed by atoms with Gasteiger partial charge in [-0.3, -0.25) is 0 Å². The lowest BCUT2D eigenvalue weighted by Gasteiger charge is -2.04. The van der Waals surface area contributed by atoms with Crippen LogP contribution in [-0.4, -0.2) is 12.6 Å². The van der Waals surface area contributed by atoms with Crippen molar-refractivity contribution < 1.29 is 0 Å². The molecule has 0 aliphatic carbocycles. The standard InChI is InChI=1S/C14H20BrN/c1-12(2)16-10-5-3-4-7-13-8-6-9-14(15)11-13/h3-4,6,8-9,11-12,16H,5,7,10H2,1-2H3. The second-order valence-corrected chi connectivity index (χ2v) is 5.12. The van der Waals surface area contributed by atoms with Gasteiger partial charge in [-0.1, -0.05) is 54.1 Å². The molecule has 0 bridgehead atoms. The lowest BCUT2D eigenvalue weighted by atomic mass is 10.1. The van der Waals surface area contributed by atoms with Crippen LogP contribution in [0, 0.1) is 0 Å². The predicted octanol–water partition coefficient (Wildman–Crippen LogP) is 3.94. The average molecular weight is 282 g/mol. The molecule has 2 heteroatoms. The molecule has 0 amide bonds. The summed E-state index contributed by atoms with van der Waals surface area (Å²) in [6.45, 7) is 5.41. The summed E-state index contributed by atoms with van der Waals surface area (Å²) in [6.07, 6.45) is 6.60. The van der Waals surface area contributed by atoms with Crippen molar-refractivity contribution in [3.63, 3.8) is 0 Å². The number of halogens is 1. The molecular formula is C14H20BrN. The molecule has 1 nitrogen and oxygen atoms in total. The fourth-order valence-corrected chi connectivity index (χ4v) is 1.90. The highest BCUT2D eigenvalue weighted by molar-refractivity contribution is 9.10. The van der Waals surface area contributed by atoms with Gasteiger partial charge in [0.15, 0.2) is 0 Å². The molecule has 0 unspecified atom stereocenters. The van der Waals surface area contributed by atoms with Gasteiger partial charge in [0.2, 0.25) is 0 Å². The number of allylic oxidation sites excluding steroid dienone is 1. The Bertz CT molecular complexity index is 331. The molecule has 0 radical (unpaired) electrons. The van der Waals surface area contributed by atoms with Crippen molar-refractivity contribution in [2.24, 2.45) is 0 Å². The van der Waals surface area contributed by atoms with Gasteiger partial charge in [-0.2, -0.15) is 0 Å². The van der Waals surface area contributed by atoms with Gasteiger partial charge in [0.1, 0.15) is 0 Å². The second kappa shape index (κ2) is 7.64. The Morgan fingerprint density at radius 1 is 1.31 bits per heavy atom. The largest absolute Gasteiger partial charge is 0.314 e. The van der Waals surface area contributed by atoms with Crippen LogP contribution in [-0.2, 0) is 6.42 Å². The van der Waals surface area contributed by atoms with Gasteiger partial charge in [-0.15, -0.1) is 0 Å². The molecule has 1 aromatic rings. The summed E-state index contributed by atoms with van der Waals surface area (Å²) in [5.74, 6) is 0. The van der Waals surface area contributed by atoms with Crippen LogP contribution in [0.4, 0.5) is 0 Å². The number of nitrogens with one attached hydrogen (secondary N) is 1. The molecule has 0 atom stereocenters. The molecule has 1 aromatic carbocycles. The first kappa shape index (κ1) is 13.5. The first-order valence-electron chi connectivity index (χ1n) is 5.81. The summed E-state index contributed by atoms with van der Waals surface area (Å²) in [6, 6.07) is 9.03. The quantitative estimate of drug-likeness (QED) is 0.615. The van der Waals surface area contributed by atoms with Gasteiger partial charge >= 0.3 is 0 Å². The minimum atomic E-state index is 0.582. The maximum atomic E-state index is 3.48. The van der Waals surface area contributed by atoms with Gasteiger partial charge in [0.25, 0.3) is 0 Å². The molecule has 16 heavy (non-hydrogen) atoms. The van der Waals surface area contributed by atoms with Gasteiger partial charge in [0, 0.05) is 10.5 Å². The van der Waals surface area contributed by atoms with Crippen molar-refractivity contribution in [2.75, 3.05) is 6.54 Å². The summed E-state index contributed by atoms with van der Waals surface area (Å²) >= 11 is 3.48. The topological polar surface area (TPSA) is 12.0 Å². The highest BCUT2D eigenvalue weighted by Gasteiger charge is 1.91. The number of hydrogen-bond acceptors (Lipinski definition) is 1. The van der Waals surface area contributed by atoms with Crippen LogP contribution in [0.25, 0.3) is 0 Å². The summed E-state index contributed by atoms with van der Waals surface area (Å²) < 4.78 is 1.15. The van der Waals surface area contributed by atoms with E-state index in [1.807, 2.05) is 0 Å². The third-order valence-corrected chi connectivity index (χ3v) is 2.77. The Balaban J connectivity index is 2.21. The fourth-order valence-electron chi connectivity index (χ4n) is 1.46. The van der Waals surface area contributed by atoms with Crippen LogP contribution in [0.5, 0.6) is 0 Å². The van der Waals surface area contributed by atoms with E-state index < -0.39 is 0 Å². The third-order valence-electron chi connectivity index (χ3n) is 2.27. The third kappa shape index (κ3) is 6.09. The lowest BCUT2D eigenvalue weighted by molar-refractivity contribution is 0.594. The van der Waals surface area contributed by atoms with Crippen LogP contribution in [0.2, 0.25) is 0 Å². The summed E-state index contributed by atoms with van der Waals surface area (Å²) in [7, 11) is 0. The summed E-state index contributed by atoms with van der Waals surface area (Å²) in [5, 5.41) is 3.39. The van der Waals surface area contributed by atoms with Crippen LogP contribution in [0.15, 0.2) is 40.9 Å². The second-order valence-electron chi connectivity index (χ2n) is 4.20. The van der Waals surface area contributed by atoms with Gasteiger partial charge in [-0.25, -0.2) is 0 Å². The summed E-state index contributed by atoms with van der Waals surface area (Å²) in [4.78, 5) is 0. The zero-order chi connectivity index (χ0) is 11.8. The summed E-state index contributed by atoms with van der Waals surface area (Å²) in [5.41, 5.74) is 1.35. The van der Waals surface area contributed by atoms with Crippen molar-refractivity contribution in [3.05, 3.63) is 46.5 Å². The average Bonchev–Trinajstić information content (AvgIpc) is 2.23. The van der Waals surface area contributed by atoms with E-state index in [0.717, 1.165) is 23.9 Å². The van der Waals surface area contributed by atoms with E-state index >= 15 is 0 Å². The lowest BCUT2D eigenvalue weighted by Crippen LogP contribution is -2.23. The Labute approximate surface area is 107 Å². The van der Waals surface area contributed by atoms with Crippen LogP contribution < -0.4 is 5.32 Å². The molecule has 0 aliphatic rings. The molecule has 1 rings (SSSR count). The molecule has 0 saturated carbocycles. The van der Waals surface area contributed by atoms with Gasteiger partial charge in [-0.05, 0) is 37.1 Å². The zero-order valence-electron chi connectivity index (χ0n) is 10.0. The van der Waals surface area contributed by atoms with Gasteiger partial charge in [0.05, 0.1) is 0 Å². The molecule has 0 saturated heterocycles. The highest BCUT2D eigenvalue weighted by Crippen LogP contribution is 2.12. The van der Waals surface area contributed by atoms with Gasteiger partial charge < -0.3 is 5.32 Å². The van der Waals surface area contributed by atoms with E-state index in [9.17, 15) is 0 Å². The van der Waals surface area contributed by atoms with Crippen LogP contribution in [0.3, 0.4) is 0 Å². The van der Waals surface area contributed by atoms with E-state index in [2.05, 4.69) is 71.5 Å². The molecule has 0 fully saturated rings. The normalized spacial score (nSPS) is 11.5. The number of benzene rings is 1. The van der Waals surface area contributed by atoms with Crippen molar-refractivity contribution in [1.82, 2.24) is 5.32 Å². The first-order chi connectivity index (χ1) is 7.68. The fraction of sp³-hybridized carbons (Fsp3) is 0.429. The van der Waals surface area contributed by atoms with E-state index in [0.29, 0.717) is 6.04 Å². The van der Waals surface area contributed by atoms with E-state index in [1.165, 1.54) is 5.56 Å². The Morgan fingerprint density at radius 3 is 2.81 bits per heavy atom. The van der Waals surface area contributed by atoms with Crippen LogP contribution >= 0.6 is 15.9 Å².